The Morgan fingerprint density at radius 3 is 2.23 bits per heavy atom. The summed E-state index contributed by atoms with van der Waals surface area (Å²) in [6.45, 7) is 5.93. The van der Waals surface area contributed by atoms with Crippen molar-refractivity contribution in [2.24, 2.45) is 0 Å². The van der Waals surface area contributed by atoms with Crippen LogP contribution in [0.3, 0.4) is 0 Å². The van der Waals surface area contributed by atoms with Gasteiger partial charge in [-0.3, -0.25) is 10.9 Å². The molecule has 0 radical (unpaired) electrons. The number of thiocarbonyl (C=S) groups is 2. The Labute approximate surface area is 143 Å². The van der Waals surface area contributed by atoms with Gasteiger partial charge < -0.3 is 15.5 Å². The van der Waals surface area contributed by atoms with Crippen molar-refractivity contribution in [3.8, 4) is 0 Å². The fraction of sp³-hybridized carbons (Fsp3) is 0.467. The highest BCUT2D eigenvalue weighted by Gasteiger charge is 2.04. The lowest BCUT2D eigenvalue weighted by molar-refractivity contribution is 0.400. The van der Waals surface area contributed by atoms with Crippen molar-refractivity contribution in [2.75, 3.05) is 32.5 Å². The molecule has 0 spiro atoms. The third kappa shape index (κ3) is 7.02. The van der Waals surface area contributed by atoms with Crippen molar-refractivity contribution < 1.29 is 0 Å². The number of hydrogen-bond donors (Lipinski definition) is 4. The number of anilines is 1. The van der Waals surface area contributed by atoms with E-state index in [1.807, 2.05) is 32.0 Å². The summed E-state index contributed by atoms with van der Waals surface area (Å²) < 4.78 is 0. The minimum atomic E-state index is 0.481. The molecule has 0 aliphatic heterocycles. The zero-order valence-corrected chi connectivity index (χ0v) is 15.3. The molecule has 5 nitrogen and oxygen atoms in total. The van der Waals surface area contributed by atoms with Crippen LogP contribution in [0.1, 0.15) is 17.5 Å². The summed E-state index contributed by atoms with van der Waals surface area (Å²) in [5.41, 5.74) is 9.09. The lowest BCUT2D eigenvalue weighted by atomic mass is 10.1. The van der Waals surface area contributed by atoms with Crippen molar-refractivity contribution in [1.29, 1.82) is 0 Å². The van der Waals surface area contributed by atoms with Crippen LogP contribution in [0.5, 0.6) is 0 Å². The monoisotopic (exact) mass is 339 g/mol. The lowest BCUT2D eigenvalue weighted by Gasteiger charge is -2.17. The molecule has 0 saturated heterocycles. The molecule has 1 aromatic carbocycles. The Balaban J connectivity index is 2.30. The second-order valence-corrected chi connectivity index (χ2v) is 6.20. The molecular formula is C15H25N5S2. The average Bonchev–Trinajstić information content (AvgIpc) is 2.45. The summed E-state index contributed by atoms with van der Waals surface area (Å²) in [7, 11) is 4.10. The summed E-state index contributed by atoms with van der Waals surface area (Å²) in [5.74, 6) is 0. The molecule has 22 heavy (non-hydrogen) atoms. The minimum Gasteiger partial charge on any atom is -0.361 e. The van der Waals surface area contributed by atoms with Gasteiger partial charge in [0, 0.05) is 12.2 Å². The lowest BCUT2D eigenvalue weighted by Crippen LogP contribution is -2.48. The van der Waals surface area contributed by atoms with Gasteiger partial charge in [-0.1, -0.05) is 18.2 Å². The molecule has 122 valence electrons. The smallest absolute Gasteiger partial charge is 0.189 e. The summed E-state index contributed by atoms with van der Waals surface area (Å²) in [6.07, 6.45) is 1.03. The predicted octanol–water partition coefficient (Wildman–Crippen LogP) is 1.92. The first-order valence-electron chi connectivity index (χ1n) is 7.22. The zero-order valence-electron chi connectivity index (χ0n) is 13.6. The van der Waals surface area contributed by atoms with Crippen LogP contribution in [0.2, 0.25) is 0 Å². The van der Waals surface area contributed by atoms with Gasteiger partial charge in [0.2, 0.25) is 0 Å². The van der Waals surface area contributed by atoms with Gasteiger partial charge in [0.25, 0.3) is 0 Å². The number of nitrogens with one attached hydrogen (secondary N) is 4. The second-order valence-electron chi connectivity index (χ2n) is 5.38. The highest BCUT2D eigenvalue weighted by Crippen LogP contribution is 2.18. The van der Waals surface area contributed by atoms with Crippen molar-refractivity contribution in [2.45, 2.75) is 20.3 Å². The van der Waals surface area contributed by atoms with Gasteiger partial charge in [-0.15, -0.1) is 0 Å². The van der Waals surface area contributed by atoms with Crippen LogP contribution in [0.4, 0.5) is 5.69 Å². The average molecular weight is 340 g/mol. The molecule has 1 rings (SSSR count). The van der Waals surface area contributed by atoms with Gasteiger partial charge in [0.1, 0.15) is 0 Å². The highest BCUT2D eigenvalue weighted by atomic mass is 32.1. The van der Waals surface area contributed by atoms with Gasteiger partial charge in [-0.05, 0) is 76.5 Å². The summed E-state index contributed by atoms with van der Waals surface area (Å²) in [6, 6.07) is 6.11. The fourth-order valence-corrected chi connectivity index (χ4v) is 2.22. The third-order valence-corrected chi connectivity index (χ3v) is 3.53. The van der Waals surface area contributed by atoms with Crippen molar-refractivity contribution in [3.05, 3.63) is 29.3 Å². The fourth-order valence-electron chi connectivity index (χ4n) is 1.91. The topological polar surface area (TPSA) is 51.4 Å². The van der Waals surface area contributed by atoms with Gasteiger partial charge in [-0.25, -0.2) is 0 Å². The van der Waals surface area contributed by atoms with Crippen LogP contribution in [-0.2, 0) is 0 Å². The maximum absolute atomic E-state index is 5.26. The van der Waals surface area contributed by atoms with Crippen LogP contribution in [0, 0.1) is 13.8 Å². The molecule has 0 fully saturated rings. The number of para-hydroxylation sites is 1. The molecule has 4 N–H and O–H groups in total. The maximum atomic E-state index is 5.26. The Kier molecular flexibility index (Phi) is 8.08. The van der Waals surface area contributed by atoms with Crippen LogP contribution in [0.15, 0.2) is 18.2 Å². The third-order valence-electron chi connectivity index (χ3n) is 3.08. The molecule has 0 heterocycles. The second kappa shape index (κ2) is 9.55. The van der Waals surface area contributed by atoms with E-state index in [0.717, 1.165) is 36.3 Å². The molecule has 0 aliphatic rings. The van der Waals surface area contributed by atoms with Crippen LogP contribution < -0.4 is 21.5 Å². The minimum absolute atomic E-state index is 0.481. The summed E-state index contributed by atoms with van der Waals surface area (Å²) in [5, 5.41) is 7.32. The Morgan fingerprint density at radius 1 is 1.05 bits per heavy atom. The normalized spacial score (nSPS) is 10.2. The SMILES string of the molecule is Cc1cccc(C)c1NC(=S)NNC(=S)NCCCN(C)C. The Hall–Kier alpha value is -1.44. The van der Waals surface area contributed by atoms with Crippen molar-refractivity contribution >= 4 is 40.3 Å². The Bertz CT molecular complexity index is 496. The van der Waals surface area contributed by atoms with Gasteiger partial charge in [0.15, 0.2) is 10.2 Å². The van der Waals surface area contributed by atoms with E-state index in [4.69, 9.17) is 24.4 Å². The van der Waals surface area contributed by atoms with Crippen LogP contribution in [0.25, 0.3) is 0 Å². The summed E-state index contributed by atoms with van der Waals surface area (Å²) >= 11 is 10.4. The van der Waals surface area contributed by atoms with Gasteiger partial charge in [-0.2, -0.15) is 0 Å². The Morgan fingerprint density at radius 2 is 1.64 bits per heavy atom. The number of benzene rings is 1. The number of nitrogens with zero attached hydrogens (tertiary/aromatic N) is 1. The van der Waals surface area contributed by atoms with Crippen molar-refractivity contribution in [1.82, 2.24) is 21.1 Å². The van der Waals surface area contributed by atoms with E-state index >= 15 is 0 Å². The summed E-state index contributed by atoms with van der Waals surface area (Å²) in [4.78, 5) is 2.14. The van der Waals surface area contributed by atoms with Crippen LogP contribution in [-0.4, -0.2) is 42.3 Å². The van der Waals surface area contributed by atoms with Crippen molar-refractivity contribution in [3.63, 3.8) is 0 Å². The van der Waals surface area contributed by atoms with E-state index in [1.165, 1.54) is 0 Å². The molecule has 0 bridgehead atoms. The van der Waals surface area contributed by atoms with E-state index in [1.54, 1.807) is 0 Å². The molecule has 0 unspecified atom stereocenters. The number of rotatable bonds is 5. The molecule has 0 atom stereocenters. The largest absolute Gasteiger partial charge is 0.361 e. The quantitative estimate of drug-likeness (QED) is 0.371. The highest BCUT2D eigenvalue weighted by molar-refractivity contribution is 7.80. The number of aryl methyl sites for hydroxylation is 2. The molecule has 7 heteroatoms. The van der Waals surface area contributed by atoms with Crippen LogP contribution >= 0.6 is 24.4 Å². The molecular weight excluding hydrogens is 314 g/mol. The first-order chi connectivity index (χ1) is 10.4. The van der Waals surface area contributed by atoms with E-state index in [2.05, 4.69) is 40.5 Å². The predicted molar refractivity (Wildman–Crippen MR) is 102 cm³/mol. The molecule has 0 aliphatic carbocycles. The number of hydrogen-bond acceptors (Lipinski definition) is 3. The number of hydrazine groups is 1. The standard InChI is InChI=1S/C15H25N5S2/c1-11-7-5-8-12(2)13(11)17-15(22)19-18-14(21)16-9-6-10-20(3)4/h5,7-8H,6,9-10H2,1-4H3,(H2,16,18,21)(H2,17,19,22). The first-order valence-corrected chi connectivity index (χ1v) is 8.03. The van der Waals surface area contributed by atoms with E-state index < -0.39 is 0 Å². The molecule has 0 aromatic heterocycles. The molecule has 1 aromatic rings. The van der Waals surface area contributed by atoms with E-state index in [9.17, 15) is 0 Å². The van der Waals surface area contributed by atoms with Gasteiger partial charge >= 0.3 is 0 Å². The van der Waals surface area contributed by atoms with E-state index in [-0.39, 0.29) is 0 Å². The first kappa shape index (κ1) is 18.6. The molecule has 0 amide bonds. The molecule has 0 saturated carbocycles. The van der Waals surface area contributed by atoms with E-state index in [0.29, 0.717) is 10.2 Å². The zero-order chi connectivity index (χ0) is 16.5. The van der Waals surface area contributed by atoms with Gasteiger partial charge in [0.05, 0.1) is 0 Å². The maximum Gasteiger partial charge on any atom is 0.189 e.